The van der Waals surface area contributed by atoms with Crippen LogP contribution in [0.5, 0.6) is 5.75 Å². The molecular formula is C19H19BrN2O4. The highest BCUT2D eigenvalue weighted by molar-refractivity contribution is 9.10. The third-order valence-electron chi connectivity index (χ3n) is 4.45. The van der Waals surface area contributed by atoms with Crippen LogP contribution >= 0.6 is 15.9 Å². The van der Waals surface area contributed by atoms with Crippen molar-refractivity contribution in [1.82, 2.24) is 10.2 Å². The van der Waals surface area contributed by atoms with E-state index in [1.54, 1.807) is 24.3 Å². The zero-order valence-electron chi connectivity index (χ0n) is 14.2. The second-order valence-electron chi connectivity index (χ2n) is 6.22. The first kappa shape index (κ1) is 18.4. The lowest BCUT2D eigenvalue weighted by atomic mass is 10.1. The third-order valence-corrected chi connectivity index (χ3v) is 5.07. The number of imide groups is 2. The number of hydrogen-bond donors (Lipinski definition) is 1. The van der Waals surface area contributed by atoms with Crippen LogP contribution in [0.25, 0.3) is 6.08 Å². The van der Waals surface area contributed by atoms with Gasteiger partial charge in [-0.25, -0.2) is 4.79 Å². The molecule has 2 fully saturated rings. The van der Waals surface area contributed by atoms with E-state index in [9.17, 15) is 14.4 Å². The summed E-state index contributed by atoms with van der Waals surface area (Å²) in [5.41, 5.74) is 0.616. The fourth-order valence-electron chi connectivity index (χ4n) is 3.20. The average molecular weight is 419 g/mol. The number of benzene rings is 1. The minimum atomic E-state index is -0.669. The van der Waals surface area contributed by atoms with Gasteiger partial charge in [0.15, 0.2) is 0 Å². The number of hydrogen-bond acceptors (Lipinski definition) is 4. The largest absolute Gasteiger partial charge is 0.488 e. The van der Waals surface area contributed by atoms with Gasteiger partial charge in [0.1, 0.15) is 17.9 Å². The molecule has 0 aromatic heterocycles. The van der Waals surface area contributed by atoms with Crippen molar-refractivity contribution in [3.63, 3.8) is 0 Å². The molecule has 6 nitrogen and oxygen atoms in total. The first-order valence-electron chi connectivity index (χ1n) is 8.45. The molecule has 1 aliphatic carbocycles. The van der Waals surface area contributed by atoms with Crippen LogP contribution in [-0.4, -0.2) is 35.4 Å². The van der Waals surface area contributed by atoms with Crippen molar-refractivity contribution in [3.8, 4) is 5.75 Å². The van der Waals surface area contributed by atoms with Crippen molar-refractivity contribution in [1.29, 1.82) is 0 Å². The Balaban J connectivity index is 1.87. The molecule has 0 atom stereocenters. The Morgan fingerprint density at radius 3 is 2.65 bits per heavy atom. The van der Waals surface area contributed by atoms with E-state index >= 15 is 0 Å². The number of nitrogens with zero attached hydrogens (tertiary/aromatic N) is 1. The molecule has 3 rings (SSSR count). The summed E-state index contributed by atoms with van der Waals surface area (Å²) < 4.78 is 6.18. The SMILES string of the molecule is C=CCOc1ccc(/C=C2\C(=O)NC(=O)N(C3CCCC3)C2=O)cc1Br. The summed E-state index contributed by atoms with van der Waals surface area (Å²) in [7, 11) is 0. The number of ether oxygens (including phenoxy) is 1. The Bertz CT molecular complexity index is 797. The van der Waals surface area contributed by atoms with Gasteiger partial charge in [-0.2, -0.15) is 0 Å². The fraction of sp³-hybridized carbons (Fsp3) is 0.316. The zero-order valence-corrected chi connectivity index (χ0v) is 15.8. The molecule has 0 unspecified atom stereocenters. The monoisotopic (exact) mass is 418 g/mol. The Morgan fingerprint density at radius 1 is 1.27 bits per heavy atom. The van der Waals surface area contributed by atoms with Gasteiger partial charge in [-0.1, -0.05) is 31.6 Å². The molecule has 4 amide bonds. The number of amides is 4. The highest BCUT2D eigenvalue weighted by Gasteiger charge is 2.40. The van der Waals surface area contributed by atoms with E-state index < -0.39 is 17.8 Å². The standard InChI is InChI=1S/C19H19BrN2O4/c1-2-9-26-16-8-7-12(11-15(16)20)10-14-17(23)21-19(25)22(18(14)24)13-5-3-4-6-13/h2,7-8,10-11,13H,1,3-6,9H2,(H,21,23,25)/b14-10+. The Morgan fingerprint density at radius 2 is 2.00 bits per heavy atom. The van der Waals surface area contributed by atoms with Crippen LogP contribution in [0.15, 0.2) is 40.9 Å². The van der Waals surface area contributed by atoms with Gasteiger partial charge in [0.2, 0.25) is 0 Å². The fourth-order valence-corrected chi connectivity index (χ4v) is 3.72. The molecule has 1 aromatic rings. The number of halogens is 1. The van der Waals surface area contributed by atoms with E-state index in [-0.39, 0.29) is 11.6 Å². The van der Waals surface area contributed by atoms with E-state index in [0.29, 0.717) is 22.4 Å². The molecule has 136 valence electrons. The maximum atomic E-state index is 12.8. The minimum absolute atomic E-state index is 0.0387. The highest BCUT2D eigenvalue weighted by Crippen LogP contribution is 2.29. The molecule has 0 bridgehead atoms. The Hall–Kier alpha value is -2.41. The highest BCUT2D eigenvalue weighted by atomic mass is 79.9. The number of nitrogens with one attached hydrogen (secondary N) is 1. The lowest BCUT2D eigenvalue weighted by Crippen LogP contribution is -2.57. The molecule has 1 aliphatic heterocycles. The van der Waals surface area contributed by atoms with Gasteiger partial charge in [-0.3, -0.25) is 19.8 Å². The summed E-state index contributed by atoms with van der Waals surface area (Å²) in [5.74, 6) is -0.569. The van der Waals surface area contributed by atoms with E-state index in [0.717, 1.165) is 25.7 Å². The van der Waals surface area contributed by atoms with Gasteiger partial charge in [0.25, 0.3) is 11.8 Å². The molecule has 1 aromatic carbocycles. The Kier molecular flexibility index (Phi) is 5.56. The summed E-state index contributed by atoms with van der Waals surface area (Å²) in [5, 5.41) is 2.27. The Labute approximate surface area is 160 Å². The average Bonchev–Trinajstić information content (AvgIpc) is 3.12. The van der Waals surface area contributed by atoms with Crippen molar-refractivity contribution < 1.29 is 19.1 Å². The van der Waals surface area contributed by atoms with E-state index in [4.69, 9.17) is 4.74 Å². The van der Waals surface area contributed by atoms with Crippen LogP contribution < -0.4 is 10.1 Å². The minimum Gasteiger partial charge on any atom is -0.488 e. The predicted octanol–water partition coefficient (Wildman–Crippen LogP) is 3.42. The maximum Gasteiger partial charge on any atom is 0.331 e. The van der Waals surface area contributed by atoms with Gasteiger partial charge in [-0.15, -0.1) is 0 Å². The second kappa shape index (κ2) is 7.86. The van der Waals surface area contributed by atoms with E-state index in [2.05, 4.69) is 27.8 Å². The lowest BCUT2D eigenvalue weighted by Gasteiger charge is -2.31. The first-order chi connectivity index (χ1) is 12.5. The number of barbiturate groups is 1. The van der Waals surface area contributed by atoms with Crippen LogP contribution in [-0.2, 0) is 9.59 Å². The topological polar surface area (TPSA) is 75.7 Å². The van der Waals surface area contributed by atoms with Crippen molar-refractivity contribution >= 4 is 39.9 Å². The number of carbonyl (C=O) groups excluding carboxylic acids is 3. The first-order valence-corrected chi connectivity index (χ1v) is 9.24. The normalized spacial score (nSPS) is 19.8. The quantitative estimate of drug-likeness (QED) is 0.451. The summed E-state index contributed by atoms with van der Waals surface area (Å²) >= 11 is 3.41. The molecule has 1 saturated heterocycles. The molecule has 26 heavy (non-hydrogen) atoms. The van der Waals surface area contributed by atoms with Gasteiger partial charge in [0, 0.05) is 6.04 Å². The van der Waals surface area contributed by atoms with Crippen LogP contribution in [0.1, 0.15) is 31.2 Å². The number of carbonyl (C=O) groups is 3. The number of rotatable bonds is 5. The predicted molar refractivity (Wildman–Crippen MR) is 100 cm³/mol. The van der Waals surface area contributed by atoms with Crippen LogP contribution in [0.2, 0.25) is 0 Å². The summed E-state index contributed by atoms with van der Waals surface area (Å²) in [4.78, 5) is 38.2. The maximum absolute atomic E-state index is 12.8. The van der Waals surface area contributed by atoms with Crippen molar-refractivity contribution in [3.05, 3.63) is 46.5 Å². The van der Waals surface area contributed by atoms with Crippen molar-refractivity contribution in [2.24, 2.45) is 0 Å². The molecule has 2 aliphatic rings. The van der Waals surface area contributed by atoms with Crippen LogP contribution in [0.3, 0.4) is 0 Å². The molecule has 1 heterocycles. The number of urea groups is 1. The van der Waals surface area contributed by atoms with Crippen molar-refractivity contribution in [2.75, 3.05) is 6.61 Å². The molecule has 1 saturated carbocycles. The zero-order chi connectivity index (χ0) is 18.7. The second-order valence-corrected chi connectivity index (χ2v) is 7.07. The smallest absolute Gasteiger partial charge is 0.331 e. The molecule has 1 N–H and O–H groups in total. The van der Waals surface area contributed by atoms with Gasteiger partial charge in [0.05, 0.1) is 4.47 Å². The van der Waals surface area contributed by atoms with Crippen LogP contribution in [0, 0.1) is 0 Å². The van der Waals surface area contributed by atoms with Crippen molar-refractivity contribution in [2.45, 2.75) is 31.7 Å². The summed E-state index contributed by atoms with van der Waals surface area (Å²) in [6, 6.07) is 4.47. The third kappa shape index (κ3) is 3.72. The van der Waals surface area contributed by atoms with Gasteiger partial charge < -0.3 is 4.74 Å². The van der Waals surface area contributed by atoms with E-state index in [1.807, 2.05) is 0 Å². The lowest BCUT2D eigenvalue weighted by molar-refractivity contribution is -0.131. The van der Waals surface area contributed by atoms with Gasteiger partial charge >= 0.3 is 6.03 Å². The molecule has 0 radical (unpaired) electrons. The van der Waals surface area contributed by atoms with E-state index in [1.165, 1.54) is 11.0 Å². The summed E-state index contributed by atoms with van der Waals surface area (Å²) in [6.45, 7) is 3.97. The molecular weight excluding hydrogens is 400 g/mol. The molecule has 0 spiro atoms. The summed E-state index contributed by atoms with van der Waals surface area (Å²) in [6.07, 6.45) is 6.65. The van der Waals surface area contributed by atoms with Crippen LogP contribution in [0.4, 0.5) is 4.79 Å². The molecule has 7 heteroatoms. The van der Waals surface area contributed by atoms with Gasteiger partial charge in [-0.05, 0) is 52.5 Å².